The van der Waals surface area contributed by atoms with Gasteiger partial charge >= 0.3 is 0 Å². The molecule has 98 valence electrons. The molecule has 0 unspecified atom stereocenters. The van der Waals surface area contributed by atoms with Gasteiger partial charge < -0.3 is 19.7 Å². The van der Waals surface area contributed by atoms with Crippen molar-refractivity contribution in [2.24, 2.45) is 5.73 Å². The molecule has 0 saturated heterocycles. The quantitative estimate of drug-likeness (QED) is 0.885. The Morgan fingerprint density at radius 1 is 1.16 bits per heavy atom. The van der Waals surface area contributed by atoms with Crippen LogP contribution in [0.15, 0.2) is 22.7 Å². The van der Waals surface area contributed by atoms with E-state index in [1.807, 2.05) is 18.2 Å². The van der Waals surface area contributed by atoms with E-state index in [-0.39, 0.29) is 6.79 Å². The molecule has 4 rings (SSSR count). The minimum Gasteiger partial charge on any atom is -0.454 e. The molecule has 2 aromatic rings. The summed E-state index contributed by atoms with van der Waals surface area (Å²) in [6, 6.07) is 5.54. The molecular weight excluding hydrogens is 246 g/mol. The van der Waals surface area contributed by atoms with Crippen LogP contribution in [0.2, 0.25) is 0 Å². The molecule has 6 heteroatoms. The lowest BCUT2D eigenvalue weighted by Crippen LogP contribution is -2.44. The van der Waals surface area contributed by atoms with Crippen molar-refractivity contribution in [1.82, 2.24) is 10.1 Å². The molecule has 1 saturated carbocycles. The van der Waals surface area contributed by atoms with Crippen LogP contribution in [0.3, 0.4) is 0 Å². The Kier molecular flexibility index (Phi) is 2.11. The molecule has 0 amide bonds. The summed E-state index contributed by atoms with van der Waals surface area (Å²) in [5.41, 5.74) is 6.58. The fraction of sp³-hybridized carbons (Fsp3) is 0.385. The standard InChI is InChI=1S/C13H13N3O3/c14-13(4-1-5-13)12-15-11(19-16-12)8-2-3-9-10(6-8)18-7-17-9/h2-3,6H,1,4-5,7,14H2. The highest BCUT2D eigenvalue weighted by molar-refractivity contribution is 5.60. The van der Waals surface area contributed by atoms with Crippen molar-refractivity contribution in [3.63, 3.8) is 0 Å². The number of nitrogens with zero attached hydrogens (tertiary/aromatic N) is 2. The number of benzene rings is 1. The highest BCUT2D eigenvalue weighted by Crippen LogP contribution is 2.39. The van der Waals surface area contributed by atoms with Gasteiger partial charge in [0.25, 0.3) is 5.89 Å². The SMILES string of the molecule is NC1(c2noc(-c3ccc4c(c3)OCO4)n2)CCC1. The molecule has 1 aromatic carbocycles. The maximum Gasteiger partial charge on any atom is 0.258 e. The number of aromatic nitrogens is 2. The van der Waals surface area contributed by atoms with E-state index in [0.717, 1.165) is 30.6 Å². The minimum atomic E-state index is -0.405. The van der Waals surface area contributed by atoms with Crippen molar-refractivity contribution in [2.75, 3.05) is 6.79 Å². The van der Waals surface area contributed by atoms with Gasteiger partial charge in [0.15, 0.2) is 17.3 Å². The van der Waals surface area contributed by atoms with Gasteiger partial charge in [-0.05, 0) is 37.5 Å². The number of hydrogen-bond acceptors (Lipinski definition) is 6. The molecule has 0 spiro atoms. The topological polar surface area (TPSA) is 83.4 Å². The van der Waals surface area contributed by atoms with Gasteiger partial charge in [-0.1, -0.05) is 5.16 Å². The Labute approximate surface area is 109 Å². The van der Waals surface area contributed by atoms with Crippen molar-refractivity contribution >= 4 is 0 Å². The maximum absolute atomic E-state index is 6.18. The summed E-state index contributed by atoms with van der Waals surface area (Å²) >= 11 is 0. The first-order chi connectivity index (χ1) is 9.24. The van der Waals surface area contributed by atoms with E-state index in [0.29, 0.717) is 17.5 Å². The van der Waals surface area contributed by atoms with Gasteiger partial charge in [0.1, 0.15) is 0 Å². The van der Waals surface area contributed by atoms with Crippen LogP contribution in [0.4, 0.5) is 0 Å². The van der Waals surface area contributed by atoms with E-state index in [4.69, 9.17) is 19.7 Å². The first-order valence-corrected chi connectivity index (χ1v) is 6.28. The minimum absolute atomic E-state index is 0.250. The zero-order chi connectivity index (χ0) is 12.9. The molecule has 0 atom stereocenters. The lowest BCUT2D eigenvalue weighted by molar-refractivity contribution is 0.174. The van der Waals surface area contributed by atoms with Gasteiger partial charge in [0.05, 0.1) is 5.54 Å². The van der Waals surface area contributed by atoms with Crippen LogP contribution in [0.1, 0.15) is 25.1 Å². The Morgan fingerprint density at radius 3 is 2.79 bits per heavy atom. The number of rotatable bonds is 2. The van der Waals surface area contributed by atoms with Gasteiger partial charge in [0.2, 0.25) is 6.79 Å². The molecule has 0 bridgehead atoms. The van der Waals surface area contributed by atoms with Crippen LogP contribution in [-0.2, 0) is 5.54 Å². The summed E-state index contributed by atoms with van der Waals surface area (Å²) in [6.45, 7) is 0.250. The fourth-order valence-corrected chi connectivity index (χ4v) is 2.35. The number of fused-ring (bicyclic) bond motifs is 1. The molecular formula is C13H13N3O3. The lowest BCUT2D eigenvalue weighted by atomic mass is 9.77. The van der Waals surface area contributed by atoms with E-state index < -0.39 is 5.54 Å². The number of ether oxygens (including phenoxy) is 2. The van der Waals surface area contributed by atoms with Crippen LogP contribution in [-0.4, -0.2) is 16.9 Å². The van der Waals surface area contributed by atoms with E-state index >= 15 is 0 Å². The van der Waals surface area contributed by atoms with Crippen molar-refractivity contribution in [1.29, 1.82) is 0 Å². The van der Waals surface area contributed by atoms with Gasteiger partial charge in [-0.25, -0.2) is 0 Å². The largest absolute Gasteiger partial charge is 0.454 e. The monoisotopic (exact) mass is 259 g/mol. The third kappa shape index (κ3) is 1.60. The summed E-state index contributed by atoms with van der Waals surface area (Å²) in [6.07, 6.45) is 2.94. The molecule has 1 aromatic heterocycles. The average molecular weight is 259 g/mol. The highest BCUT2D eigenvalue weighted by atomic mass is 16.7. The second-order valence-corrected chi connectivity index (χ2v) is 5.00. The molecule has 1 aliphatic carbocycles. The molecule has 0 radical (unpaired) electrons. The van der Waals surface area contributed by atoms with E-state index in [9.17, 15) is 0 Å². The van der Waals surface area contributed by atoms with Crippen molar-refractivity contribution in [3.05, 3.63) is 24.0 Å². The van der Waals surface area contributed by atoms with Crippen LogP contribution in [0.25, 0.3) is 11.5 Å². The van der Waals surface area contributed by atoms with Crippen LogP contribution >= 0.6 is 0 Å². The summed E-state index contributed by atoms with van der Waals surface area (Å²) in [5, 5.41) is 4.00. The normalized spacial score (nSPS) is 19.2. The Morgan fingerprint density at radius 2 is 2.00 bits per heavy atom. The second kappa shape index (κ2) is 3.71. The van der Waals surface area contributed by atoms with E-state index in [1.165, 1.54) is 0 Å². The molecule has 1 aliphatic heterocycles. The maximum atomic E-state index is 6.18. The molecule has 1 fully saturated rings. The molecule has 2 heterocycles. The summed E-state index contributed by atoms with van der Waals surface area (Å²) < 4.78 is 15.9. The number of hydrogen-bond donors (Lipinski definition) is 1. The molecule has 2 aliphatic rings. The highest BCUT2D eigenvalue weighted by Gasteiger charge is 2.39. The van der Waals surface area contributed by atoms with Crippen LogP contribution < -0.4 is 15.2 Å². The van der Waals surface area contributed by atoms with E-state index in [2.05, 4.69) is 10.1 Å². The van der Waals surface area contributed by atoms with Crippen LogP contribution in [0.5, 0.6) is 11.5 Å². The third-order valence-electron chi connectivity index (χ3n) is 3.74. The van der Waals surface area contributed by atoms with Gasteiger partial charge in [0, 0.05) is 5.56 Å². The first-order valence-electron chi connectivity index (χ1n) is 6.28. The third-order valence-corrected chi connectivity index (χ3v) is 3.74. The molecule has 2 N–H and O–H groups in total. The first kappa shape index (κ1) is 10.8. The Hall–Kier alpha value is -2.08. The van der Waals surface area contributed by atoms with Crippen molar-refractivity contribution < 1.29 is 14.0 Å². The van der Waals surface area contributed by atoms with Gasteiger partial charge in [-0.2, -0.15) is 4.98 Å². The van der Waals surface area contributed by atoms with Crippen molar-refractivity contribution in [3.8, 4) is 23.0 Å². The molecule has 19 heavy (non-hydrogen) atoms. The molecule has 6 nitrogen and oxygen atoms in total. The summed E-state index contributed by atoms with van der Waals surface area (Å²) in [7, 11) is 0. The zero-order valence-electron chi connectivity index (χ0n) is 10.3. The fourth-order valence-electron chi connectivity index (χ4n) is 2.35. The summed E-state index contributed by atoms with van der Waals surface area (Å²) in [4.78, 5) is 4.40. The Bertz CT molecular complexity index is 634. The van der Waals surface area contributed by atoms with Crippen molar-refractivity contribution in [2.45, 2.75) is 24.8 Å². The number of nitrogens with two attached hydrogens (primary N) is 1. The summed E-state index contributed by atoms with van der Waals surface area (Å²) in [5.74, 6) is 2.48. The second-order valence-electron chi connectivity index (χ2n) is 5.00. The van der Waals surface area contributed by atoms with Gasteiger partial charge in [-0.15, -0.1) is 0 Å². The predicted octanol–water partition coefficient (Wildman–Crippen LogP) is 1.80. The zero-order valence-corrected chi connectivity index (χ0v) is 10.3. The van der Waals surface area contributed by atoms with E-state index in [1.54, 1.807) is 0 Å². The van der Waals surface area contributed by atoms with Crippen LogP contribution in [0, 0.1) is 0 Å². The Balaban J connectivity index is 1.69. The smallest absolute Gasteiger partial charge is 0.258 e. The van der Waals surface area contributed by atoms with Gasteiger partial charge in [-0.3, -0.25) is 0 Å². The lowest BCUT2D eigenvalue weighted by Gasteiger charge is -2.34. The predicted molar refractivity (Wildman–Crippen MR) is 65.6 cm³/mol. The average Bonchev–Trinajstić information content (AvgIpc) is 3.03.